The molecule has 0 unspecified atom stereocenters. The first kappa shape index (κ1) is 30.5. The van der Waals surface area contributed by atoms with Crippen LogP contribution in [0, 0.1) is 13.8 Å². The molecule has 0 aromatic heterocycles. The monoisotopic (exact) mass is 618 g/mol. The Morgan fingerprint density at radius 1 is 0.312 bits per heavy atom. The molecule has 2 heteroatoms. The van der Waals surface area contributed by atoms with Gasteiger partial charge in [0.15, 0.2) is 0 Å². The Morgan fingerprint density at radius 2 is 0.646 bits per heavy atom. The molecule has 48 heavy (non-hydrogen) atoms. The highest BCUT2D eigenvalue weighted by atomic mass is 15.1. The van der Waals surface area contributed by atoms with E-state index in [0.29, 0.717) is 0 Å². The van der Waals surface area contributed by atoms with Crippen LogP contribution in [0.4, 0.5) is 34.1 Å². The predicted molar refractivity (Wildman–Crippen MR) is 206 cm³/mol. The molecule has 0 radical (unpaired) electrons. The molecule has 7 aromatic rings. The van der Waals surface area contributed by atoms with Gasteiger partial charge in [0.2, 0.25) is 0 Å². The van der Waals surface area contributed by atoms with Gasteiger partial charge in [-0.2, -0.15) is 0 Å². The highest BCUT2D eigenvalue weighted by molar-refractivity contribution is 5.82. The molecule has 7 aromatic carbocycles. The zero-order chi connectivity index (χ0) is 32.7. The van der Waals surface area contributed by atoms with Crippen LogP contribution in [0.3, 0.4) is 0 Å². The SMILES string of the molecule is Cc1cc(C=Cc2ccc(N(c3ccccc3)c3ccccc3)cc2)ccc1-c1ccc(N(c2ccccc2)c2ccccc2)cc1C. The van der Waals surface area contributed by atoms with Gasteiger partial charge in [0.1, 0.15) is 0 Å². The molecule has 0 heterocycles. The van der Waals surface area contributed by atoms with Gasteiger partial charge in [-0.3, -0.25) is 0 Å². The van der Waals surface area contributed by atoms with Gasteiger partial charge < -0.3 is 9.80 Å². The molecule has 232 valence electrons. The maximum Gasteiger partial charge on any atom is 0.0464 e. The second kappa shape index (κ2) is 14.1. The normalized spacial score (nSPS) is 11.0. The van der Waals surface area contributed by atoms with E-state index in [1.165, 1.54) is 27.8 Å². The number of para-hydroxylation sites is 4. The summed E-state index contributed by atoms with van der Waals surface area (Å²) in [6, 6.07) is 64.4. The number of benzene rings is 7. The fourth-order valence-electron chi connectivity index (χ4n) is 6.31. The zero-order valence-corrected chi connectivity index (χ0v) is 27.4. The van der Waals surface area contributed by atoms with Crippen LogP contribution in [0.2, 0.25) is 0 Å². The summed E-state index contributed by atoms with van der Waals surface area (Å²) >= 11 is 0. The smallest absolute Gasteiger partial charge is 0.0464 e. The van der Waals surface area contributed by atoms with Crippen molar-refractivity contribution in [3.05, 3.63) is 204 Å². The predicted octanol–water partition coefficient (Wildman–Crippen LogP) is 13.1. The Balaban J connectivity index is 1.11. The molecule has 0 amide bonds. The second-order valence-electron chi connectivity index (χ2n) is 12.0. The fraction of sp³-hybridized carbons (Fsp3) is 0.0435. The maximum atomic E-state index is 2.31. The van der Waals surface area contributed by atoms with Crippen molar-refractivity contribution in [3.63, 3.8) is 0 Å². The Labute approximate surface area is 284 Å². The summed E-state index contributed by atoms with van der Waals surface area (Å²) in [5, 5.41) is 0. The minimum atomic E-state index is 1.13. The van der Waals surface area contributed by atoms with E-state index in [1.54, 1.807) is 0 Å². The summed E-state index contributed by atoms with van der Waals surface area (Å²) in [7, 11) is 0. The van der Waals surface area contributed by atoms with Crippen LogP contribution in [0.1, 0.15) is 22.3 Å². The lowest BCUT2D eigenvalue weighted by Crippen LogP contribution is -2.10. The molecule has 0 bridgehead atoms. The molecule has 0 N–H and O–H groups in total. The van der Waals surface area contributed by atoms with Crippen LogP contribution in [0.25, 0.3) is 23.3 Å². The minimum Gasteiger partial charge on any atom is -0.311 e. The van der Waals surface area contributed by atoms with E-state index in [1.807, 2.05) is 0 Å². The first-order valence-corrected chi connectivity index (χ1v) is 16.4. The molecule has 0 saturated carbocycles. The van der Waals surface area contributed by atoms with Gasteiger partial charge in [0, 0.05) is 34.1 Å². The van der Waals surface area contributed by atoms with Crippen LogP contribution < -0.4 is 9.80 Å². The second-order valence-corrected chi connectivity index (χ2v) is 12.0. The Morgan fingerprint density at radius 3 is 1.08 bits per heavy atom. The standard InChI is InChI=1S/C46H38N2/c1-35-33-38(24-23-37-25-28-43(29-26-37)47(39-15-7-3-8-16-39)40-17-9-4-10-18-40)27-31-45(35)46-32-30-44(34-36(46)2)48(41-19-11-5-12-20-41)42-21-13-6-14-22-42/h3-34H,1-2H3. The summed E-state index contributed by atoms with van der Waals surface area (Å²) in [5.41, 5.74) is 14.2. The van der Waals surface area contributed by atoms with Crippen molar-refractivity contribution in [3.8, 4) is 11.1 Å². The number of aryl methyl sites for hydroxylation is 2. The average Bonchev–Trinajstić information content (AvgIpc) is 3.14. The van der Waals surface area contributed by atoms with Crippen molar-refractivity contribution >= 4 is 46.3 Å². The lowest BCUT2D eigenvalue weighted by atomic mass is 9.94. The van der Waals surface area contributed by atoms with Crippen LogP contribution in [-0.4, -0.2) is 0 Å². The highest BCUT2D eigenvalue weighted by Gasteiger charge is 2.15. The Kier molecular flexibility index (Phi) is 8.97. The average molecular weight is 619 g/mol. The van der Waals surface area contributed by atoms with E-state index < -0.39 is 0 Å². The van der Waals surface area contributed by atoms with Gasteiger partial charge >= 0.3 is 0 Å². The van der Waals surface area contributed by atoms with Crippen molar-refractivity contribution < 1.29 is 0 Å². The third-order valence-corrected chi connectivity index (χ3v) is 8.69. The van der Waals surface area contributed by atoms with Crippen LogP contribution in [0.15, 0.2) is 182 Å². The van der Waals surface area contributed by atoms with Gasteiger partial charge in [-0.15, -0.1) is 0 Å². The summed E-state index contributed by atoms with van der Waals surface area (Å²) < 4.78 is 0. The fourth-order valence-corrected chi connectivity index (χ4v) is 6.31. The lowest BCUT2D eigenvalue weighted by molar-refractivity contribution is 1.27. The number of nitrogens with zero attached hydrogens (tertiary/aromatic N) is 2. The summed E-state index contributed by atoms with van der Waals surface area (Å²) in [6.07, 6.45) is 4.39. The molecule has 0 atom stereocenters. The molecule has 0 spiro atoms. The molecular weight excluding hydrogens is 581 g/mol. The largest absolute Gasteiger partial charge is 0.311 e. The summed E-state index contributed by atoms with van der Waals surface area (Å²) in [4.78, 5) is 4.59. The quantitative estimate of drug-likeness (QED) is 0.149. The van der Waals surface area contributed by atoms with E-state index in [4.69, 9.17) is 0 Å². The van der Waals surface area contributed by atoms with E-state index in [9.17, 15) is 0 Å². The van der Waals surface area contributed by atoms with E-state index in [0.717, 1.165) is 39.7 Å². The first-order chi connectivity index (χ1) is 23.6. The van der Waals surface area contributed by atoms with Crippen LogP contribution in [0.5, 0.6) is 0 Å². The summed E-state index contributed by atoms with van der Waals surface area (Å²) in [5.74, 6) is 0. The molecule has 0 aliphatic carbocycles. The van der Waals surface area contributed by atoms with Crippen molar-refractivity contribution in [1.82, 2.24) is 0 Å². The highest BCUT2D eigenvalue weighted by Crippen LogP contribution is 2.38. The Hall–Kier alpha value is -6.12. The van der Waals surface area contributed by atoms with E-state index >= 15 is 0 Å². The molecule has 0 aliphatic rings. The van der Waals surface area contributed by atoms with E-state index in [-0.39, 0.29) is 0 Å². The molecule has 2 nitrogen and oxygen atoms in total. The van der Waals surface area contributed by atoms with Crippen LogP contribution in [-0.2, 0) is 0 Å². The Bertz CT molecular complexity index is 2040. The first-order valence-electron chi connectivity index (χ1n) is 16.4. The number of hydrogen-bond acceptors (Lipinski definition) is 2. The molecule has 0 fully saturated rings. The van der Waals surface area contributed by atoms with Crippen molar-refractivity contribution in [2.45, 2.75) is 13.8 Å². The zero-order valence-electron chi connectivity index (χ0n) is 27.4. The van der Waals surface area contributed by atoms with Crippen LogP contribution >= 0.6 is 0 Å². The molecule has 0 saturated heterocycles. The lowest BCUT2D eigenvalue weighted by Gasteiger charge is -2.26. The van der Waals surface area contributed by atoms with Gasteiger partial charge in [-0.1, -0.05) is 121 Å². The third-order valence-electron chi connectivity index (χ3n) is 8.69. The molecular formula is C46H38N2. The molecule has 7 rings (SSSR count). The molecule has 0 aliphatic heterocycles. The van der Waals surface area contributed by atoms with E-state index in [2.05, 4.69) is 218 Å². The minimum absolute atomic E-state index is 1.13. The van der Waals surface area contributed by atoms with Crippen molar-refractivity contribution in [2.75, 3.05) is 9.80 Å². The number of hydrogen-bond donors (Lipinski definition) is 0. The van der Waals surface area contributed by atoms with Gasteiger partial charge in [0.05, 0.1) is 0 Å². The van der Waals surface area contributed by atoms with Crippen molar-refractivity contribution in [1.29, 1.82) is 0 Å². The maximum absolute atomic E-state index is 2.31. The number of anilines is 6. The van der Waals surface area contributed by atoms with Gasteiger partial charge in [0.25, 0.3) is 0 Å². The summed E-state index contributed by atoms with van der Waals surface area (Å²) in [6.45, 7) is 4.41. The van der Waals surface area contributed by atoms with Crippen molar-refractivity contribution in [2.24, 2.45) is 0 Å². The number of rotatable bonds is 9. The third kappa shape index (κ3) is 6.70. The topological polar surface area (TPSA) is 6.48 Å². The van der Waals surface area contributed by atoms with Gasteiger partial charge in [-0.25, -0.2) is 0 Å². The van der Waals surface area contributed by atoms with Gasteiger partial charge in [-0.05, 0) is 120 Å².